The SMILES string of the molecule is CCCCCCCCCCCCCCCC=CCCC(O)CO. The molecule has 0 aromatic carbocycles. The highest BCUT2D eigenvalue weighted by Crippen LogP contribution is 2.13. The van der Waals surface area contributed by atoms with Gasteiger partial charge in [0.05, 0.1) is 12.7 Å². The molecule has 2 N–H and O–H groups in total. The zero-order chi connectivity index (χ0) is 17.0. The normalized spacial score (nSPS) is 13.0. The third-order valence-electron chi connectivity index (χ3n) is 4.52. The molecule has 0 saturated heterocycles. The van der Waals surface area contributed by atoms with Crippen molar-refractivity contribution in [3.8, 4) is 0 Å². The van der Waals surface area contributed by atoms with E-state index in [-0.39, 0.29) is 6.61 Å². The van der Waals surface area contributed by atoms with E-state index in [2.05, 4.69) is 19.1 Å². The Bertz CT molecular complexity index is 238. The van der Waals surface area contributed by atoms with Gasteiger partial charge in [0.15, 0.2) is 0 Å². The molecule has 138 valence electrons. The van der Waals surface area contributed by atoms with Gasteiger partial charge in [-0.25, -0.2) is 0 Å². The van der Waals surface area contributed by atoms with Crippen molar-refractivity contribution in [1.82, 2.24) is 0 Å². The molecule has 0 bridgehead atoms. The van der Waals surface area contributed by atoms with Gasteiger partial charge in [0.2, 0.25) is 0 Å². The van der Waals surface area contributed by atoms with E-state index in [1.165, 1.54) is 83.5 Å². The lowest BCUT2D eigenvalue weighted by Gasteiger charge is -2.03. The highest BCUT2D eigenvalue weighted by atomic mass is 16.3. The van der Waals surface area contributed by atoms with Gasteiger partial charge < -0.3 is 10.2 Å². The molecule has 0 rings (SSSR count). The Hall–Kier alpha value is -0.340. The quantitative estimate of drug-likeness (QED) is 0.234. The second kappa shape index (κ2) is 19.7. The predicted molar refractivity (Wildman–Crippen MR) is 102 cm³/mol. The summed E-state index contributed by atoms with van der Waals surface area (Å²) < 4.78 is 0. The molecule has 0 aliphatic rings. The van der Waals surface area contributed by atoms with Gasteiger partial charge in [-0.15, -0.1) is 0 Å². The summed E-state index contributed by atoms with van der Waals surface area (Å²) in [5.41, 5.74) is 0. The number of hydrogen-bond donors (Lipinski definition) is 2. The minimum atomic E-state index is -0.545. The molecule has 0 aliphatic heterocycles. The molecule has 1 atom stereocenters. The number of hydrogen-bond acceptors (Lipinski definition) is 2. The summed E-state index contributed by atoms with van der Waals surface area (Å²) in [6.07, 6.45) is 24.8. The Morgan fingerprint density at radius 3 is 1.57 bits per heavy atom. The van der Waals surface area contributed by atoms with Gasteiger partial charge in [0.25, 0.3) is 0 Å². The van der Waals surface area contributed by atoms with Gasteiger partial charge >= 0.3 is 0 Å². The van der Waals surface area contributed by atoms with Crippen molar-refractivity contribution in [2.45, 2.75) is 116 Å². The standard InChI is InChI=1S/C21H42O2/c1-2-3-4-5-6-7-8-9-10-11-12-13-14-15-16-17-18-19-21(23)20-22/h16-17,21-23H,2-15,18-20H2,1H3. The van der Waals surface area contributed by atoms with E-state index in [0.29, 0.717) is 6.42 Å². The molecule has 23 heavy (non-hydrogen) atoms. The molecule has 0 aliphatic carbocycles. The minimum absolute atomic E-state index is 0.118. The lowest BCUT2D eigenvalue weighted by atomic mass is 10.0. The van der Waals surface area contributed by atoms with E-state index in [4.69, 9.17) is 5.11 Å². The van der Waals surface area contributed by atoms with Crippen LogP contribution in [0, 0.1) is 0 Å². The molecule has 0 radical (unpaired) electrons. The fourth-order valence-corrected chi connectivity index (χ4v) is 2.90. The second-order valence-electron chi connectivity index (χ2n) is 6.92. The van der Waals surface area contributed by atoms with E-state index in [1.54, 1.807) is 0 Å². The first kappa shape index (κ1) is 22.7. The van der Waals surface area contributed by atoms with Gasteiger partial charge in [-0.3, -0.25) is 0 Å². The van der Waals surface area contributed by atoms with Crippen LogP contribution in [0.3, 0.4) is 0 Å². The summed E-state index contributed by atoms with van der Waals surface area (Å²) in [5, 5.41) is 17.9. The highest BCUT2D eigenvalue weighted by Gasteiger charge is 1.98. The van der Waals surface area contributed by atoms with E-state index in [9.17, 15) is 5.11 Å². The average molecular weight is 327 g/mol. The van der Waals surface area contributed by atoms with Gasteiger partial charge in [0.1, 0.15) is 0 Å². The first-order valence-corrected chi connectivity index (χ1v) is 10.2. The zero-order valence-corrected chi connectivity index (χ0v) is 15.6. The number of aliphatic hydroxyl groups is 2. The first-order valence-electron chi connectivity index (χ1n) is 10.2. The Labute approximate surface area is 145 Å². The smallest absolute Gasteiger partial charge is 0.0773 e. The molecule has 0 fully saturated rings. The fraction of sp³-hybridized carbons (Fsp3) is 0.905. The second-order valence-corrected chi connectivity index (χ2v) is 6.92. The van der Waals surface area contributed by atoms with Crippen LogP contribution >= 0.6 is 0 Å². The van der Waals surface area contributed by atoms with Crippen molar-refractivity contribution in [3.05, 3.63) is 12.2 Å². The van der Waals surface area contributed by atoms with Gasteiger partial charge in [-0.05, 0) is 25.7 Å². The summed E-state index contributed by atoms with van der Waals surface area (Å²) in [7, 11) is 0. The average Bonchev–Trinajstić information content (AvgIpc) is 2.57. The maximum Gasteiger partial charge on any atom is 0.0773 e. The van der Waals surface area contributed by atoms with E-state index < -0.39 is 6.10 Å². The summed E-state index contributed by atoms with van der Waals surface area (Å²) in [4.78, 5) is 0. The Kier molecular flexibility index (Phi) is 19.4. The molecule has 1 unspecified atom stereocenters. The highest BCUT2D eigenvalue weighted by molar-refractivity contribution is 4.82. The van der Waals surface area contributed by atoms with Crippen LogP contribution in [0.15, 0.2) is 12.2 Å². The number of aliphatic hydroxyl groups excluding tert-OH is 2. The Morgan fingerprint density at radius 2 is 1.09 bits per heavy atom. The molecular formula is C21H42O2. The summed E-state index contributed by atoms with van der Waals surface area (Å²) in [6.45, 7) is 2.16. The molecule has 0 aromatic heterocycles. The molecule has 0 aromatic rings. The molecular weight excluding hydrogens is 284 g/mol. The van der Waals surface area contributed by atoms with Gasteiger partial charge in [-0.1, -0.05) is 96.1 Å². The molecule has 0 amide bonds. The number of allylic oxidation sites excluding steroid dienone is 2. The molecule has 2 nitrogen and oxygen atoms in total. The summed E-state index contributed by atoms with van der Waals surface area (Å²) >= 11 is 0. The van der Waals surface area contributed by atoms with E-state index >= 15 is 0 Å². The van der Waals surface area contributed by atoms with Crippen LogP contribution in [0.4, 0.5) is 0 Å². The molecule has 0 heterocycles. The third-order valence-corrected chi connectivity index (χ3v) is 4.52. The largest absolute Gasteiger partial charge is 0.394 e. The van der Waals surface area contributed by atoms with Gasteiger partial charge in [0, 0.05) is 0 Å². The van der Waals surface area contributed by atoms with Crippen LogP contribution in [-0.4, -0.2) is 22.9 Å². The number of unbranched alkanes of at least 4 members (excludes halogenated alkanes) is 13. The maximum absolute atomic E-state index is 9.20. The Balaban J connectivity index is 3.06. The van der Waals surface area contributed by atoms with Crippen LogP contribution in [0.1, 0.15) is 110 Å². The van der Waals surface area contributed by atoms with Crippen LogP contribution in [0.2, 0.25) is 0 Å². The summed E-state index contributed by atoms with van der Waals surface area (Å²) in [5.74, 6) is 0. The van der Waals surface area contributed by atoms with Crippen LogP contribution in [0.5, 0.6) is 0 Å². The third kappa shape index (κ3) is 19.6. The van der Waals surface area contributed by atoms with Crippen molar-refractivity contribution < 1.29 is 10.2 Å². The van der Waals surface area contributed by atoms with Crippen molar-refractivity contribution in [2.75, 3.05) is 6.61 Å². The van der Waals surface area contributed by atoms with Crippen molar-refractivity contribution in [1.29, 1.82) is 0 Å². The Morgan fingerprint density at radius 1 is 0.652 bits per heavy atom. The van der Waals surface area contributed by atoms with E-state index in [1.807, 2.05) is 0 Å². The van der Waals surface area contributed by atoms with Crippen LogP contribution < -0.4 is 0 Å². The lowest BCUT2D eigenvalue weighted by Crippen LogP contribution is -2.10. The topological polar surface area (TPSA) is 40.5 Å². The van der Waals surface area contributed by atoms with Gasteiger partial charge in [-0.2, -0.15) is 0 Å². The molecule has 0 saturated carbocycles. The molecule has 0 spiro atoms. The van der Waals surface area contributed by atoms with Crippen molar-refractivity contribution >= 4 is 0 Å². The minimum Gasteiger partial charge on any atom is -0.394 e. The first-order chi connectivity index (χ1) is 11.3. The lowest BCUT2D eigenvalue weighted by molar-refractivity contribution is 0.0891. The fourth-order valence-electron chi connectivity index (χ4n) is 2.90. The predicted octanol–water partition coefficient (Wildman–Crippen LogP) is 6.16. The zero-order valence-electron chi connectivity index (χ0n) is 15.6. The maximum atomic E-state index is 9.20. The van der Waals surface area contributed by atoms with Crippen LogP contribution in [-0.2, 0) is 0 Å². The molecule has 2 heteroatoms. The van der Waals surface area contributed by atoms with Crippen molar-refractivity contribution in [2.24, 2.45) is 0 Å². The number of rotatable bonds is 18. The monoisotopic (exact) mass is 326 g/mol. The summed E-state index contributed by atoms with van der Waals surface area (Å²) in [6, 6.07) is 0. The van der Waals surface area contributed by atoms with E-state index in [0.717, 1.165) is 12.8 Å². The van der Waals surface area contributed by atoms with Crippen LogP contribution in [0.25, 0.3) is 0 Å². The van der Waals surface area contributed by atoms with Crippen molar-refractivity contribution in [3.63, 3.8) is 0 Å².